The highest BCUT2D eigenvalue weighted by Crippen LogP contribution is 2.21. The third-order valence-corrected chi connectivity index (χ3v) is 4.12. The largest absolute Gasteiger partial charge is 0.495 e. The molecule has 1 unspecified atom stereocenters. The quantitative estimate of drug-likeness (QED) is 0.828. The monoisotopic (exact) mass is 304 g/mol. The number of hydrogen-bond donors (Lipinski definition) is 2. The van der Waals surface area contributed by atoms with Crippen molar-refractivity contribution in [3.63, 3.8) is 0 Å². The van der Waals surface area contributed by atoms with Gasteiger partial charge in [-0.3, -0.25) is 9.00 Å². The molecular formula is C15H16N2O3S. The fourth-order valence-electron chi connectivity index (χ4n) is 1.77. The van der Waals surface area contributed by atoms with E-state index >= 15 is 0 Å². The zero-order valence-electron chi connectivity index (χ0n) is 11.5. The standard InChI is InChI=1S/C15H16N2O3S/c1-20-13-4-2-3-5-14(13)21(19)10-15(18)17-12-8-6-11(16)7-9-12/h2-9H,10,16H2,1H3,(H,17,18). The van der Waals surface area contributed by atoms with Crippen LogP contribution in [0.15, 0.2) is 53.4 Å². The molecule has 6 heteroatoms. The summed E-state index contributed by atoms with van der Waals surface area (Å²) in [7, 11) is 0.0397. The Morgan fingerprint density at radius 3 is 2.52 bits per heavy atom. The SMILES string of the molecule is COc1ccccc1S(=O)CC(=O)Nc1ccc(N)cc1. The molecule has 2 aromatic carbocycles. The second-order valence-corrected chi connectivity index (χ2v) is 5.73. The molecule has 0 fully saturated rings. The van der Waals surface area contributed by atoms with E-state index in [1.54, 1.807) is 48.5 Å². The summed E-state index contributed by atoms with van der Waals surface area (Å²) in [6.45, 7) is 0. The van der Waals surface area contributed by atoms with Crippen LogP contribution in [0.1, 0.15) is 0 Å². The highest BCUT2D eigenvalue weighted by molar-refractivity contribution is 7.85. The number of para-hydroxylation sites is 1. The van der Waals surface area contributed by atoms with Crippen molar-refractivity contribution in [1.29, 1.82) is 0 Å². The van der Waals surface area contributed by atoms with E-state index in [-0.39, 0.29) is 11.7 Å². The molecular weight excluding hydrogens is 288 g/mol. The van der Waals surface area contributed by atoms with Crippen LogP contribution in [0.5, 0.6) is 5.75 Å². The number of ether oxygens (including phenoxy) is 1. The normalized spacial score (nSPS) is 11.7. The lowest BCUT2D eigenvalue weighted by Crippen LogP contribution is -2.19. The summed E-state index contributed by atoms with van der Waals surface area (Å²) in [6, 6.07) is 13.7. The van der Waals surface area contributed by atoms with Gasteiger partial charge in [0.15, 0.2) is 0 Å². The minimum absolute atomic E-state index is 0.134. The predicted molar refractivity (Wildman–Crippen MR) is 83.8 cm³/mol. The molecule has 0 bridgehead atoms. The summed E-state index contributed by atoms with van der Waals surface area (Å²) >= 11 is 0. The summed E-state index contributed by atoms with van der Waals surface area (Å²) in [5, 5.41) is 2.68. The molecule has 0 aliphatic rings. The van der Waals surface area contributed by atoms with E-state index in [4.69, 9.17) is 10.5 Å². The number of rotatable bonds is 5. The topological polar surface area (TPSA) is 81.4 Å². The van der Waals surface area contributed by atoms with Gasteiger partial charge in [0.2, 0.25) is 5.91 Å². The molecule has 5 nitrogen and oxygen atoms in total. The van der Waals surface area contributed by atoms with Gasteiger partial charge in [-0.2, -0.15) is 0 Å². The van der Waals surface area contributed by atoms with Crippen LogP contribution >= 0.6 is 0 Å². The van der Waals surface area contributed by atoms with Crippen LogP contribution in [-0.4, -0.2) is 23.0 Å². The number of carbonyl (C=O) groups is 1. The van der Waals surface area contributed by atoms with Crippen molar-refractivity contribution in [1.82, 2.24) is 0 Å². The molecule has 110 valence electrons. The van der Waals surface area contributed by atoms with Gasteiger partial charge in [0, 0.05) is 11.4 Å². The van der Waals surface area contributed by atoms with Gasteiger partial charge in [-0.15, -0.1) is 0 Å². The van der Waals surface area contributed by atoms with Gasteiger partial charge in [-0.05, 0) is 36.4 Å². The number of methoxy groups -OCH3 is 1. The maximum atomic E-state index is 12.2. The molecule has 2 rings (SSSR count). The van der Waals surface area contributed by atoms with Crippen LogP contribution in [0.4, 0.5) is 11.4 Å². The summed E-state index contributed by atoms with van der Waals surface area (Å²) < 4.78 is 17.4. The Morgan fingerprint density at radius 1 is 1.19 bits per heavy atom. The van der Waals surface area contributed by atoms with E-state index in [1.165, 1.54) is 7.11 Å². The fourth-order valence-corrected chi connectivity index (χ4v) is 2.84. The summed E-state index contributed by atoms with van der Waals surface area (Å²) in [4.78, 5) is 12.4. The fraction of sp³-hybridized carbons (Fsp3) is 0.133. The molecule has 1 amide bonds. The molecule has 0 radical (unpaired) electrons. The Kier molecular flexibility index (Phi) is 4.94. The maximum absolute atomic E-state index is 12.2. The van der Waals surface area contributed by atoms with Crippen molar-refractivity contribution in [2.75, 3.05) is 23.9 Å². The number of amides is 1. The first-order chi connectivity index (χ1) is 10.1. The van der Waals surface area contributed by atoms with Crippen LogP contribution in [0, 0.1) is 0 Å². The second-order valence-electron chi connectivity index (χ2n) is 4.31. The Hall–Kier alpha value is -2.34. The van der Waals surface area contributed by atoms with E-state index in [9.17, 15) is 9.00 Å². The number of hydrogen-bond acceptors (Lipinski definition) is 4. The third kappa shape index (κ3) is 4.06. The van der Waals surface area contributed by atoms with Crippen molar-refractivity contribution >= 4 is 28.1 Å². The van der Waals surface area contributed by atoms with Gasteiger partial charge in [-0.1, -0.05) is 12.1 Å². The van der Waals surface area contributed by atoms with Crippen molar-refractivity contribution in [2.24, 2.45) is 0 Å². The van der Waals surface area contributed by atoms with Gasteiger partial charge < -0.3 is 15.8 Å². The lowest BCUT2D eigenvalue weighted by molar-refractivity contribution is -0.113. The molecule has 0 aliphatic heterocycles. The molecule has 3 N–H and O–H groups in total. The summed E-state index contributed by atoms with van der Waals surface area (Å²) in [5.74, 6) is 0.0465. The van der Waals surface area contributed by atoms with E-state index in [0.29, 0.717) is 22.0 Å². The average Bonchev–Trinajstić information content (AvgIpc) is 2.49. The number of anilines is 2. The lowest BCUT2D eigenvalue weighted by Gasteiger charge is -2.08. The molecule has 0 saturated carbocycles. The first-order valence-corrected chi connectivity index (χ1v) is 7.59. The number of nitrogens with two attached hydrogens (primary N) is 1. The van der Waals surface area contributed by atoms with Gasteiger partial charge in [-0.25, -0.2) is 0 Å². The van der Waals surface area contributed by atoms with Crippen LogP contribution in [-0.2, 0) is 15.6 Å². The maximum Gasteiger partial charge on any atom is 0.237 e. The van der Waals surface area contributed by atoms with E-state index in [1.807, 2.05) is 0 Å². The highest BCUT2D eigenvalue weighted by Gasteiger charge is 2.14. The molecule has 0 saturated heterocycles. The van der Waals surface area contributed by atoms with Gasteiger partial charge in [0.25, 0.3) is 0 Å². The number of carbonyl (C=O) groups excluding carboxylic acids is 1. The molecule has 0 spiro atoms. The van der Waals surface area contributed by atoms with Crippen LogP contribution < -0.4 is 15.8 Å². The highest BCUT2D eigenvalue weighted by atomic mass is 32.2. The van der Waals surface area contributed by atoms with Crippen LogP contribution in [0.3, 0.4) is 0 Å². The zero-order chi connectivity index (χ0) is 15.2. The lowest BCUT2D eigenvalue weighted by atomic mass is 10.3. The smallest absolute Gasteiger partial charge is 0.237 e. The molecule has 1 atom stereocenters. The minimum Gasteiger partial charge on any atom is -0.495 e. The van der Waals surface area contributed by atoms with Gasteiger partial charge in [0.05, 0.1) is 22.8 Å². The average molecular weight is 304 g/mol. The summed E-state index contributed by atoms with van der Waals surface area (Å²) in [5.41, 5.74) is 6.80. The molecule has 2 aromatic rings. The van der Waals surface area contributed by atoms with E-state index in [2.05, 4.69) is 5.32 Å². The van der Waals surface area contributed by atoms with Crippen molar-refractivity contribution in [2.45, 2.75) is 4.90 Å². The molecule has 0 aliphatic carbocycles. The van der Waals surface area contributed by atoms with Gasteiger partial charge >= 0.3 is 0 Å². The molecule has 0 heterocycles. The summed E-state index contributed by atoms with van der Waals surface area (Å²) in [6.07, 6.45) is 0. The van der Waals surface area contributed by atoms with Crippen LogP contribution in [0.25, 0.3) is 0 Å². The second kappa shape index (κ2) is 6.90. The third-order valence-electron chi connectivity index (χ3n) is 2.77. The Bertz CT molecular complexity index is 656. The zero-order valence-corrected chi connectivity index (χ0v) is 12.4. The first kappa shape index (κ1) is 15.1. The number of nitrogen functional groups attached to an aromatic ring is 1. The van der Waals surface area contributed by atoms with Crippen molar-refractivity contribution in [3.05, 3.63) is 48.5 Å². The molecule has 0 aromatic heterocycles. The predicted octanol–water partition coefficient (Wildman–Crippen LogP) is 2.02. The molecule has 21 heavy (non-hydrogen) atoms. The Balaban J connectivity index is 2.02. The number of nitrogens with one attached hydrogen (secondary N) is 1. The van der Waals surface area contributed by atoms with E-state index < -0.39 is 10.8 Å². The van der Waals surface area contributed by atoms with Crippen LogP contribution in [0.2, 0.25) is 0 Å². The first-order valence-electron chi connectivity index (χ1n) is 6.27. The Morgan fingerprint density at radius 2 is 1.86 bits per heavy atom. The van der Waals surface area contributed by atoms with Crippen molar-refractivity contribution < 1.29 is 13.7 Å². The Labute approximate surface area is 125 Å². The van der Waals surface area contributed by atoms with Gasteiger partial charge in [0.1, 0.15) is 11.5 Å². The minimum atomic E-state index is -1.46. The van der Waals surface area contributed by atoms with Crippen molar-refractivity contribution in [3.8, 4) is 5.75 Å². The van der Waals surface area contributed by atoms with E-state index in [0.717, 1.165) is 0 Å². The number of benzene rings is 2.